The lowest BCUT2D eigenvalue weighted by Crippen LogP contribution is -2.20. The average Bonchev–Trinajstić information content (AvgIpc) is 2.15. The number of hydrogen-bond donors (Lipinski definition) is 0. The van der Waals surface area contributed by atoms with Gasteiger partial charge in [-0.3, -0.25) is 4.79 Å². The zero-order chi connectivity index (χ0) is 11.6. The molecule has 0 unspecified atom stereocenters. The van der Waals surface area contributed by atoms with E-state index < -0.39 is 5.41 Å². The van der Waals surface area contributed by atoms with Crippen LogP contribution in [0.15, 0.2) is 18.2 Å². The minimum absolute atomic E-state index is 0.0760. The Morgan fingerprint density at radius 1 is 1.33 bits per heavy atom. The van der Waals surface area contributed by atoms with Crippen molar-refractivity contribution in [3.8, 4) is 5.75 Å². The quantitative estimate of drug-likeness (QED) is 0.721. The molecule has 0 saturated heterocycles. The number of halogens is 1. The summed E-state index contributed by atoms with van der Waals surface area (Å²) in [7, 11) is 1.55. The Morgan fingerprint density at radius 3 is 2.33 bits per heavy atom. The van der Waals surface area contributed by atoms with Gasteiger partial charge in [-0.2, -0.15) is 0 Å². The second-order valence-electron chi connectivity index (χ2n) is 4.43. The van der Waals surface area contributed by atoms with Crippen LogP contribution in [-0.2, 0) is 0 Å². The third-order valence-corrected chi connectivity index (χ3v) is 2.39. The predicted molar refractivity (Wildman–Crippen MR) is 61.8 cm³/mol. The van der Waals surface area contributed by atoms with E-state index in [4.69, 9.17) is 16.3 Å². The summed E-state index contributed by atoms with van der Waals surface area (Å²) < 4.78 is 5.02. The lowest BCUT2D eigenvalue weighted by molar-refractivity contribution is 0.0858. The van der Waals surface area contributed by atoms with Gasteiger partial charge in [0.05, 0.1) is 12.1 Å². The van der Waals surface area contributed by atoms with Gasteiger partial charge in [-0.05, 0) is 18.2 Å². The van der Waals surface area contributed by atoms with Gasteiger partial charge in [0.2, 0.25) is 0 Å². The lowest BCUT2D eigenvalue weighted by atomic mass is 9.86. The summed E-state index contributed by atoms with van der Waals surface area (Å²) in [6.45, 7) is 5.65. The third-order valence-electron chi connectivity index (χ3n) is 2.10. The first kappa shape index (κ1) is 12.1. The number of methoxy groups -OCH3 is 1. The van der Waals surface area contributed by atoms with Crippen LogP contribution in [0, 0.1) is 5.41 Å². The van der Waals surface area contributed by atoms with Crippen molar-refractivity contribution in [2.75, 3.05) is 7.11 Å². The average molecular weight is 227 g/mol. The van der Waals surface area contributed by atoms with Crippen LogP contribution in [0.4, 0.5) is 0 Å². The molecule has 0 heterocycles. The van der Waals surface area contributed by atoms with Crippen LogP contribution in [0.3, 0.4) is 0 Å². The fourth-order valence-corrected chi connectivity index (χ4v) is 1.50. The van der Waals surface area contributed by atoms with E-state index >= 15 is 0 Å². The molecular formula is C12H15ClO2. The molecule has 0 aliphatic heterocycles. The highest BCUT2D eigenvalue weighted by Gasteiger charge is 2.23. The van der Waals surface area contributed by atoms with E-state index in [0.29, 0.717) is 16.3 Å². The number of carbonyl (C=O) groups is 1. The van der Waals surface area contributed by atoms with E-state index in [1.807, 2.05) is 20.8 Å². The second kappa shape index (κ2) is 4.23. The third kappa shape index (κ3) is 2.72. The van der Waals surface area contributed by atoms with Gasteiger partial charge in [-0.25, -0.2) is 0 Å². The molecule has 0 aliphatic rings. The summed E-state index contributed by atoms with van der Waals surface area (Å²) in [4.78, 5) is 11.9. The summed E-state index contributed by atoms with van der Waals surface area (Å²) >= 11 is 5.95. The van der Waals surface area contributed by atoms with E-state index in [1.54, 1.807) is 25.3 Å². The predicted octanol–water partition coefficient (Wildman–Crippen LogP) is 3.58. The van der Waals surface area contributed by atoms with Crippen molar-refractivity contribution in [3.05, 3.63) is 28.8 Å². The second-order valence-corrected chi connectivity index (χ2v) is 4.84. The molecule has 0 amide bonds. The van der Waals surface area contributed by atoms with Gasteiger partial charge in [0.1, 0.15) is 5.75 Å². The van der Waals surface area contributed by atoms with Crippen LogP contribution < -0.4 is 4.74 Å². The molecular weight excluding hydrogens is 212 g/mol. The van der Waals surface area contributed by atoms with Gasteiger partial charge in [0.15, 0.2) is 5.78 Å². The molecule has 2 nitrogen and oxygen atoms in total. The maximum absolute atomic E-state index is 11.9. The van der Waals surface area contributed by atoms with E-state index in [-0.39, 0.29) is 5.78 Å². The Balaban J connectivity index is 3.08. The lowest BCUT2D eigenvalue weighted by Gasteiger charge is -2.17. The number of benzene rings is 1. The van der Waals surface area contributed by atoms with Crippen LogP contribution in [0.5, 0.6) is 5.75 Å². The summed E-state index contributed by atoms with van der Waals surface area (Å²) in [6, 6.07) is 5.09. The Kier molecular flexibility index (Phi) is 3.40. The normalized spacial score (nSPS) is 11.3. The van der Waals surface area contributed by atoms with Gasteiger partial charge in [-0.15, -0.1) is 0 Å². The molecule has 3 heteroatoms. The number of rotatable bonds is 2. The van der Waals surface area contributed by atoms with E-state index in [1.165, 1.54) is 0 Å². The summed E-state index contributed by atoms with van der Waals surface area (Å²) in [5, 5.41) is 0.465. The van der Waals surface area contributed by atoms with Crippen LogP contribution in [0.2, 0.25) is 5.02 Å². The first-order valence-electron chi connectivity index (χ1n) is 4.74. The van der Waals surface area contributed by atoms with Crippen molar-refractivity contribution >= 4 is 17.4 Å². The fraction of sp³-hybridized carbons (Fsp3) is 0.417. The molecule has 1 aromatic carbocycles. The standard InChI is InChI=1S/C12H15ClO2/c1-12(2,3)11(14)8-5-6-10(15-4)9(13)7-8/h5-7H,1-4H3. The summed E-state index contributed by atoms with van der Waals surface area (Å²) in [5.41, 5.74) is 0.228. The minimum Gasteiger partial charge on any atom is -0.495 e. The molecule has 1 aromatic rings. The number of Topliss-reactive ketones (excluding diaryl/α,β-unsaturated/α-hetero) is 1. The van der Waals surface area contributed by atoms with E-state index in [2.05, 4.69) is 0 Å². The Labute approximate surface area is 95.2 Å². The molecule has 82 valence electrons. The maximum Gasteiger partial charge on any atom is 0.168 e. The number of hydrogen-bond acceptors (Lipinski definition) is 2. The first-order valence-corrected chi connectivity index (χ1v) is 5.12. The monoisotopic (exact) mass is 226 g/mol. The molecule has 0 bridgehead atoms. The number of ketones is 1. The van der Waals surface area contributed by atoms with Crippen LogP contribution in [-0.4, -0.2) is 12.9 Å². The molecule has 0 N–H and O–H groups in total. The van der Waals surface area contributed by atoms with Crippen LogP contribution in [0.1, 0.15) is 31.1 Å². The van der Waals surface area contributed by atoms with Gasteiger partial charge >= 0.3 is 0 Å². The SMILES string of the molecule is COc1ccc(C(=O)C(C)(C)C)cc1Cl. The Morgan fingerprint density at radius 2 is 1.93 bits per heavy atom. The van der Waals surface area contributed by atoms with Crippen molar-refractivity contribution in [2.24, 2.45) is 5.41 Å². The van der Waals surface area contributed by atoms with Crippen molar-refractivity contribution in [1.29, 1.82) is 0 Å². The molecule has 0 fully saturated rings. The van der Waals surface area contributed by atoms with Crippen LogP contribution in [0.25, 0.3) is 0 Å². The summed E-state index contributed by atoms with van der Waals surface area (Å²) in [6.07, 6.45) is 0. The molecule has 0 atom stereocenters. The molecule has 15 heavy (non-hydrogen) atoms. The topological polar surface area (TPSA) is 26.3 Å². The molecule has 0 aromatic heterocycles. The first-order chi connectivity index (χ1) is 6.86. The highest BCUT2D eigenvalue weighted by molar-refractivity contribution is 6.32. The van der Waals surface area contributed by atoms with Crippen molar-refractivity contribution in [3.63, 3.8) is 0 Å². The zero-order valence-corrected chi connectivity index (χ0v) is 10.2. The molecule has 0 radical (unpaired) electrons. The zero-order valence-electron chi connectivity index (χ0n) is 9.43. The highest BCUT2D eigenvalue weighted by atomic mass is 35.5. The largest absolute Gasteiger partial charge is 0.495 e. The van der Waals surface area contributed by atoms with E-state index in [0.717, 1.165) is 0 Å². The highest BCUT2D eigenvalue weighted by Crippen LogP contribution is 2.28. The molecule has 1 rings (SSSR count). The van der Waals surface area contributed by atoms with Gasteiger partial charge < -0.3 is 4.74 Å². The van der Waals surface area contributed by atoms with Crippen molar-refractivity contribution in [2.45, 2.75) is 20.8 Å². The maximum atomic E-state index is 11.9. The summed E-state index contributed by atoms with van der Waals surface area (Å²) in [5.74, 6) is 0.661. The van der Waals surface area contributed by atoms with Crippen molar-refractivity contribution in [1.82, 2.24) is 0 Å². The van der Waals surface area contributed by atoms with Gasteiger partial charge in [-0.1, -0.05) is 32.4 Å². The molecule has 0 spiro atoms. The van der Waals surface area contributed by atoms with Crippen LogP contribution >= 0.6 is 11.6 Å². The minimum atomic E-state index is -0.391. The van der Waals surface area contributed by atoms with E-state index in [9.17, 15) is 4.79 Å². The number of ether oxygens (including phenoxy) is 1. The fourth-order valence-electron chi connectivity index (χ4n) is 1.24. The Bertz CT molecular complexity index is 378. The molecule has 0 saturated carbocycles. The smallest absolute Gasteiger partial charge is 0.168 e. The Hall–Kier alpha value is -1.02. The molecule has 0 aliphatic carbocycles. The van der Waals surface area contributed by atoms with Crippen molar-refractivity contribution < 1.29 is 9.53 Å². The van der Waals surface area contributed by atoms with Gasteiger partial charge in [0, 0.05) is 11.0 Å². The number of carbonyl (C=O) groups excluding carboxylic acids is 1. The van der Waals surface area contributed by atoms with Gasteiger partial charge in [0.25, 0.3) is 0 Å².